The van der Waals surface area contributed by atoms with Crippen molar-refractivity contribution in [3.63, 3.8) is 0 Å². The fourth-order valence-corrected chi connectivity index (χ4v) is 3.54. The molecular weight excluding hydrogens is 296 g/mol. The van der Waals surface area contributed by atoms with Gasteiger partial charge in [-0.2, -0.15) is 0 Å². The first kappa shape index (κ1) is 17.3. The Hall–Kier alpha value is -1.06. The molecule has 0 unspecified atom stereocenters. The van der Waals surface area contributed by atoms with Gasteiger partial charge in [0.2, 0.25) is 5.91 Å². The summed E-state index contributed by atoms with van der Waals surface area (Å²) in [4.78, 5) is 14.4. The van der Waals surface area contributed by atoms with Crippen molar-refractivity contribution in [3.8, 4) is 0 Å². The summed E-state index contributed by atoms with van der Waals surface area (Å²) < 4.78 is 0. The molecular formula is C18H27ClN2O. The number of fused-ring (bicyclic) bond motifs is 1. The van der Waals surface area contributed by atoms with Crippen LogP contribution in [0.2, 0.25) is 0 Å². The van der Waals surface area contributed by atoms with Crippen LogP contribution in [0.3, 0.4) is 0 Å². The van der Waals surface area contributed by atoms with Crippen molar-refractivity contribution >= 4 is 18.3 Å². The molecule has 1 aromatic rings. The molecule has 1 amide bonds. The molecule has 3 rings (SSSR count). The van der Waals surface area contributed by atoms with Gasteiger partial charge in [-0.3, -0.25) is 4.79 Å². The maximum Gasteiger partial charge on any atom is 0.222 e. The van der Waals surface area contributed by atoms with Crippen LogP contribution >= 0.6 is 12.4 Å². The second kappa shape index (κ2) is 7.47. The van der Waals surface area contributed by atoms with Crippen LogP contribution in [0.15, 0.2) is 24.3 Å². The Morgan fingerprint density at radius 1 is 1.18 bits per heavy atom. The third-order valence-electron chi connectivity index (χ3n) is 5.02. The molecule has 2 saturated heterocycles. The standard InChI is InChI=1S/C18H26N2O.ClH/c1-13(2)15-6-3-14(4-7-15)5-8-18(21)20-11-16-9-19-10-17(16)12-20;/h3-4,6-7,13,16-17,19H,5,8-12H2,1-2H3;1H/t16-,17+;. The highest BCUT2D eigenvalue weighted by Gasteiger charge is 2.37. The Morgan fingerprint density at radius 2 is 1.77 bits per heavy atom. The van der Waals surface area contributed by atoms with Crippen molar-refractivity contribution in [2.75, 3.05) is 26.2 Å². The summed E-state index contributed by atoms with van der Waals surface area (Å²) in [5, 5.41) is 3.42. The van der Waals surface area contributed by atoms with Crippen LogP contribution in [0.5, 0.6) is 0 Å². The molecule has 22 heavy (non-hydrogen) atoms. The van der Waals surface area contributed by atoms with E-state index in [-0.39, 0.29) is 12.4 Å². The summed E-state index contributed by atoms with van der Waals surface area (Å²) in [7, 11) is 0. The molecule has 1 aromatic carbocycles. The largest absolute Gasteiger partial charge is 0.342 e. The maximum atomic E-state index is 12.3. The lowest BCUT2D eigenvalue weighted by Crippen LogP contribution is -2.31. The second-order valence-corrected chi connectivity index (χ2v) is 6.87. The number of halogens is 1. The Morgan fingerprint density at radius 3 is 2.32 bits per heavy atom. The molecule has 2 aliphatic heterocycles. The van der Waals surface area contributed by atoms with Crippen LogP contribution in [-0.4, -0.2) is 37.0 Å². The van der Waals surface area contributed by atoms with E-state index in [1.807, 2.05) is 0 Å². The average molecular weight is 323 g/mol. The predicted molar refractivity (Wildman–Crippen MR) is 92.5 cm³/mol. The Labute approximate surface area is 139 Å². The van der Waals surface area contributed by atoms with Crippen LogP contribution in [0.25, 0.3) is 0 Å². The first-order chi connectivity index (χ1) is 10.1. The van der Waals surface area contributed by atoms with E-state index in [0.29, 0.717) is 30.1 Å². The molecule has 4 heteroatoms. The number of carbonyl (C=O) groups is 1. The third-order valence-corrected chi connectivity index (χ3v) is 5.02. The van der Waals surface area contributed by atoms with Crippen molar-refractivity contribution in [2.24, 2.45) is 11.8 Å². The number of nitrogens with zero attached hydrogens (tertiary/aromatic N) is 1. The monoisotopic (exact) mass is 322 g/mol. The van der Waals surface area contributed by atoms with Gasteiger partial charge in [-0.1, -0.05) is 38.1 Å². The normalized spacial score (nSPS) is 23.5. The number of hydrogen-bond acceptors (Lipinski definition) is 2. The highest BCUT2D eigenvalue weighted by molar-refractivity contribution is 5.85. The van der Waals surface area contributed by atoms with Crippen LogP contribution < -0.4 is 5.32 Å². The molecule has 0 radical (unpaired) electrons. The highest BCUT2D eigenvalue weighted by atomic mass is 35.5. The molecule has 0 saturated carbocycles. The fraction of sp³-hybridized carbons (Fsp3) is 0.611. The zero-order chi connectivity index (χ0) is 14.8. The highest BCUT2D eigenvalue weighted by Crippen LogP contribution is 2.26. The number of carbonyl (C=O) groups excluding carboxylic acids is 1. The van der Waals surface area contributed by atoms with E-state index in [1.54, 1.807) is 0 Å². The van der Waals surface area contributed by atoms with Gasteiger partial charge < -0.3 is 10.2 Å². The number of aryl methyl sites for hydroxylation is 1. The van der Waals surface area contributed by atoms with E-state index in [1.165, 1.54) is 11.1 Å². The molecule has 0 aliphatic carbocycles. The van der Waals surface area contributed by atoms with Gasteiger partial charge in [-0.15, -0.1) is 12.4 Å². The Bertz CT molecular complexity index is 488. The van der Waals surface area contributed by atoms with Gasteiger partial charge in [-0.25, -0.2) is 0 Å². The maximum absolute atomic E-state index is 12.3. The minimum Gasteiger partial charge on any atom is -0.342 e. The lowest BCUT2D eigenvalue weighted by atomic mass is 10.0. The molecule has 3 nitrogen and oxygen atoms in total. The van der Waals surface area contributed by atoms with E-state index in [0.717, 1.165) is 32.6 Å². The first-order valence-electron chi connectivity index (χ1n) is 8.21. The summed E-state index contributed by atoms with van der Waals surface area (Å²) in [5.41, 5.74) is 2.64. The van der Waals surface area contributed by atoms with Crippen LogP contribution in [0.4, 0.5) is 0 Å². The van der Waals surface area contributed by atoms with Gasteiger partial charge in [0.15, 0.2) is 0 Å². The summed E-state index contributed by atoms with van der Waals surface area (Å²) >= 11 is 0. The van der Waals surface area contributed by atoms with Gasteiger partial charge in [0, 0.05) is 32.6 Å². The van der Waals surface area contributed by atoms with E-state index in [9.17, 15) is 4.79 Å². The van der Waals surface area contributed by atoms with E-state index in [4.69, 9.17) is 0 Å². The van der Waals surface area contributed by atoms with Gasteiger partial charge in [0.05, 0.1) is 0 Å². The molecule has 2 aliphatic rings. The van der Waals surface area contributed by atoms with E-state index in [2.05, 4.69) is 48.3 Å². The molecule has 122 valence electrons. The number of rotatable bonds is 4. The summed E-state index contributed by atoms with van der Waals surface area (Å²) in [6.45, 7) is 8.51. The SMILES string of the molecule is CC(C)c1ccc(CCC(=O)N2C[C@H]3CNC[C@H]3C2)cc1.Cl. The smallest absolute Gasteiger partial charge is 0.222 e. The minimum absolute atomic E-state index is 0. The van der Waals surface area contributed by atoms with Crippen molar-refractivity contribution in [3.05, 3.63) is 35.4 Å². The number of hydrogen-bond donors (Lipinski definition) is 1. The average Bonchev–Trinajstić information content (AvgIpc) is 3.06. The molecule has 0 spiro atoms. The Balaban J connectivity index is 0.00000176. The zero-order valence-electron chi connectivity index (χ0n) is 13.5. The molecule has 0 aromatic heterocycles. The van der Waals surface area contributed by atoms with E-state index < -0.39 is 0 Å². The van der Waals surface area contributed by atoms with Crippen LogP contribution in [0, 0.1) is 11.8 Å². The van der Waals surface area contributed by atoms with Gasteiger partial charge in [-0.05, 0) is 35.3 Å². The van der Waals surface area contributed by atoms with Crippen molar-refractivity contribution in [1.82, 2.24) is 10.2 Å². The van der Waals surface area contributed by atoms with Gasteiger partial charge >= 0.3 is 0 Å². The minimum atomic E-state index is 0. The first-order valence-corrected chi connectivity index (χ1v) is 8.21. The topological polar surface area (TPSA) is 32.3 Å². The molecule has 1 N–H and O–H groups in total. The Kier molecular flexibility index (Phi) is 5.87. The van der Waals surface area contributed by atoms with E-state index >= 15 is 0 Å². The lowest BCUT2D eigenvalue weighted by molar-refractivity contribution is -0.130. The predicted octanol–water partition coefficient (Wildman–Crippen LogP) is 2.84. The molecule has 2 heterocycles. The lowest BCUT2D eigenvalue weighted by Gasteiger charge is -2.17. The second-order valence-electron chi connectivity index (χ2n) is 6.87. The number of amides is 1. The van der Waals surface area contributed by atoms with Crippen molar-refractivity contribution in [2.45, 2.75) is 32.6 Å². The summed E-state index contributed by atoms with van der Waals surface area (Å²) in [6.07, 6.45) is 1.51. The van der Waals surface area contributed by atoms with Crippen LogP contribution in [-0.2, 0) is 11.2 Å². The third kappa shape index (κ3) is 3.82. The fourth-order valence-electron chi connectivity index (χ4n) is 3.54. The number of likely N-dealkylation sites (tertiary alicyclic amines) is 1. The zero-order valence-corrected chi connectivity index (χ0v) is 14.4. The van der Waals surface area contributed by atoms with Crippen molar-refractivity contribution < 1.29 is 4.79 Å². The quantitative estimate of drug-likeness (QED) is 0.924. The summed E-state index contributed by atoms with van der Waals surface area (Å²) in [5.74, 6) is 2.29. The molecule has 2 fully saturated rings. The van der Waals surface area contributed by atoms with Crippen LogP contribution in [0.1, 0.15) is 37.3 Å². The molecule has 2 atom stereocenters. The number of benzene rings is 1. The number of nitrogens with one attached hydrogen (secondary N) is 1. The van der Waals surface area contributed by atoms with Gasteiger partial charge in [0.1, 0.15) is 0 Å². The molecule has 0 bridgehead atoms. The van der Waals surface area contributed by atoms with Gasteiger partial charge in [0.25, 0.3) is 0 Å². The van der Waals surface area contributed by atoms with Crippen molar-refractivity contribution in [1.29, 1.82) is 0 Å². The summed E-state index contributed by atoms with van der Waals surface area (Å²) in [6, 6.07) is 8.73.